The number of fused-ring (bicyclic) bond motifs is 1. The molecule has 2 atom stereocenters. The molecule has 0 radical (unpaired) electrons. The molecule has 306 valence electrons. The van der Waals surface area contributed by atoms with Gasteiger partial charge in [-0.05, 0) is 61.4 Å². The van der Waals surface area contributed by atoms with Gasteiger partial charge in [-0.1, -0.05) is 39.8 Å². The van der Waals surface area contributed by atoms with Gasteiger partial charge in [-0.25, -0.2) is 14.6 Å². The van der Waals surface area contributed by atoms with Gasteiger partial charge in [0.25, 0.3) is 0 Å². The van der Waals surface area contributed by atoms with E-state index in [2.05, 4.69) is 39.7 Å². The number of thiophene rings is 1. The molecule has 2 aromatic rings. The fourth-order valence-corrected chi connectivity index (χ4v) is 7.44. The van der Waals surface area contributed by atoms with E-state index in [1.165, 1.54) is 0 Å². The van der Waals surface area contributed by atoms with Crippen molar-refractivity contribution in [2.75, 3.05) is 51.1 Å². The van der Waals surface area contributed by atoms with E-state index in [9.17, 15) is 24.0 Å². The van der Waals surface area contributed by atoms with Gasteiger partial charge >= 0.3 is 12.1 Å². The first-order valence-electron chi connectivity index (χ1n) is 19.4. The molecule has 0 bridgehead atoms. The Labute approximate surface area is 333 Å². The number of nitrogens with zero attached hydrogens (tertiary/aromatic N) is 4. The van der Waals surface area contributed by atoms with Crippen molar-refractivity contribution in [2.24, 2.45) is 28.1 Å². The lowest BCUT2D eigenvalue weighted by Crippen LogP contribution is -2.51. The van der Waals surface area contributed by atoms with E-state index in [4.69, 9.17) is 21.9 Å². The van der Waals surface area contributed by atoms with Crippen LogP contribution in [-0.2, 0) is 32.3 Å². The smallest absolute Gasteiger partial charge is 0.410 e. The number of hydrogen-bond donors (Lipinski definition) is 6. The summed E-state index contributed by atoms with van der Waals surface area (Å²) in [4.78, 5) is 75.6. The molecular weight excluding hydrogens is 737 g/mol. The zero-order chi connectivity index (χ0) is 40.8. The summed E-state index contributed by atoms with van der Waals surface area (Å²) in [5.41, 5.74) is 20.0. The normalized spacial score (nSPS) is 15.4. The van der Waals surface area contributed by atoms with E-state index in [1.807, 2.05) is 30.9 Å². The van der Waals surface area contributed by atoms with Crippen LogP contribution < -0.4 is 33.2 Å². The van der Waals surface area contributed by atoms with Crippen LogP contribution in [0.4, 0.5) is 21.0 Å². The molecule has 1 unspecified atom stereocenters. The zero-order valence-corrected chi connectivity index (χ0v) is 33.8. The molecule has 56 heavy (non-hydrogen) atoms. The molecule has 3 heterocycles. The summed E-state index contributed by atoms with van der Waals surface area (Å²) in [6, 6.07) is 6.59. The summed E-state index contributed by atoms with van der Waals surface area (Å²) in [5, 5.41) is 8.00. The number of benzene rings is 1. The van der Waals surface area contributed by atoms with E-state index in [0.29, 0.717) is 75.8 Å². The van der Waals surface area contributed by atoms with Gasteiger partial charge in [0.15, 0.2) is 0 Å². The number of urea groups is 1. The molecule has 0 aliphatic carbocycles. The van der Waals surface area contributed by atoms with Gasteiger partial charge in [0.1, 0.15) is 18.5 Å². The first kappa shape index (κ1) is 43.7. The Morgan fingerprint density at radius 1 is 1.00 bits per heavy atom. The van der Waals surface area contributed by atoms with Crippen LogP contribution in [0.5, 0.6) is 0 Å². The van der Waals surface area contributed by atoms with E-state index >= 15 is 0 Å². The summed E-state index contributed by atoms with van der Waals surface area (Å²) in [6.07, 6.45) is 4.32. The van der Waals surface area contributed by atoms with Gasteiger partial charge in [0.2, 0.25) is 17.7 Å². The van der Waals surface area contributed by atoms with Crippen LogP contribution in [0.25, 0.3) is 6.08 Å². The monoisotopic (exact) mass is 794 g/mol. The van der Waals surface area contributed by atoms with E-state index in [-0.39, 0.29) is 31.4 Å². The lowest BCUT2D eigenvalue weighted by molar-refractivity contribution is -0.128. The van der Waals surface area contributed by atoms with E-state index < -0.39 is 36.0 Å². The van der Waals surface area contributed by atoms with Crippen LogP contribution in [-0.4, -0.2) is 108 Å². The number of aliphatic imine (C=N–C) groups is 1. The maximum absolute atomic E-state index is 13.4. The third-order valence-corrected chi connectivity index (χ3v) is 10.6. The van der Waals surface area contributed by atoms with Crippen molar-refractivity contribution in [3.8, 4) is 0 Å². The van der Waals surface area contributed by atoms with Gasteiger partial charge in [0, 0.05) is 74.9 Å². The predicted molar refractivity (Wildman–Crippen MR) is 219 cm³/mol. The maximum Gasteiger partial charge on any atom is 0.410 e. The molecule has 9 N–H and O–H groups in total. The summed E-state index contributed by atoms with van der Waals surface area (Å²) >= 11 is 1.61. The summed E-state index contributed by atoms with van der Waals surface area (Å²) in [5.74, 6) is -0.549. The molecule has 1 saturated heterocycles. The number of amidine groups is 1. The molecule has 4 rings (SSSR count). The standard InChI is InChI=1S/C39H58N10O6S/c1-5-14-48(15-6-2)37(52)27-20-32-31(45-33(40)21-27)22-29(56-32)23-47-16-18-49(19-17-47)39(54)55-24-26-9-11-28(12-10-26)44-35(50)30(8-7-13-43-38(42)53)46-36(51)34(41)25(3)4/h9-12,20,22,25,30,34H,5-8,13-19,21,23-24,41H2,1-4H3,(H2,40,45)(H,44,50)(H,46,51)(H3,42,43,53)/t30-,34?/m0/s1. The minimum Gasteiger partial charge on any atom is -0.445 e. The van der Waals surface area contributed by atoms with Gasteiger partial charge in [-0.15, -0.1) is 11.3 Å². The Kier molecular flexibility index (Phi) is 16.7. The molecule has 1 aromatic heterocycles. The highest BCUT2D eigenvalue weighted by atomic mass is 32.1. The molecule has 1 fully saturated rings. The number of rotatable bonds is 18. The first-order chi connectivity index (χ1) is 26.8. The third-order valence-electron chi connectivity index (χ3n) is 9.50. The van der Waals surface area contributed by atoms with Crippen molar-refractivity contribution in [3.63, 3.8) is 0 Å². The fraction of sp³-hybridized carbons (Fsp3) is 0.538. The summed E-state index contributed by atoms with van der Waals surface area (Å²) in [6.45, 7) is 12.6. The second-order valence-electron chi connectivity index (χ2n) is 14.5. The van der Waals surface area contributed by atoms with Gasteiger partial charge < -0.3 is 47.7 Å². The quantitative estimate of drug-likeness (QED) is 0.121. The Morgan fingerprint density at radius 3 is 2.30 bits per heavy atom. The SMILES string of the molecule is CCCN(CCC)C(=O)C1=Cc2sc(CN3CCN(C(=O)OCc4ccc(NC(=O)[C@H](CCCNC(N)=O)NC(=O)C(N)C(C)C)cc4)CC3)cc2N=C(N)C1. The molecule has 16 nitrogen and oxygen atoms in total. The molecule has 0 spiro atoms. The number of carbonyl (C=O) groups is 5. The van der Waals surface area contributed by atoms with Crippen molar-refractivity contribution in [2.45, 2.75) is 85.0 Å². The molecule has 17 heteroatoms. The second-order valence-corrected chi connectivity index (χ2v) is 15.6. The lowest BCUT2D eigenvalue weighted by Gasteiger charge is -2.33. The van der Waals surface area contributed by atoms with Crippen molar-refractivity contribution in [1.29, 1.82) is 0 Å². The number of nitrogens with one attached hydrogen (secondary N) is 3. The number of hydrogen-bond acceptors (Lipinski definition) is 11. The molecule has 1 aromatic carbocycles. The molecule has 0 saturated carbocycles. The summed E-state index contributed by atoms with van der Waals surface area (Å²) in [7, 11) is 0. The van der Waals surface area contributed by atoms with E-state index in [1.54, 1.807) is 40.5 Å². The average Bonchev–Trinajstić information content (AvgIpc) is 3.45. The van der Waals surface area contributed by atoms with Crippen LogP contribution in [0.3, 0.4) is 0 Å². The number of anilines is 1. The number of carbonyl (C=O) groups excluding carboxylic acids is 5. The van der Waals surface area contributed by atoms with Crippen molar-refractivity contribution in [1.82, 2.24) is 25.3 Å². The number of piperazine rings is 1. The largest absolute Gasteiger partial charge is 0.445 e. The predicted octanol–water partition coefficient (Wildman–Crippen LogP) is 3.48. The first-order valence-corrected chi connectivity index (χ1v) is 20.2. The van der Waals surface area contributed by atoms with E-state index in [0.717, 1.165) is 33.8 Å². The van der Waals surface area contributed by atoms with Crippen molar-refractivity contribution in [3.05, 3.63) is 51.2 Å². The van der Waals surface area contributed by atoms with Crippen LogP contribution >= 0.6 is 11.3 Å². The highest BCUT2D eigenvalue weighted by molar-refractivity contribution is 7.13. The highest BCUT2D eigenvalue weighted by Gasteiger charge is 2.27. The molecule has 2 aliphatic heterocycles. The van der Waals surface area contributed by atoms with Crippen molar-refractivity contribution >= 4 is 64.5 Å². The zero-order valence-electron chi connectivity index (χ0n) is 33.0. The van der Waals surface area contributed by atoms with Gasteiger partial charge in [-0.2, -0.15) is 0 Å². The highest BCUT2D eigenvalue weighted by Crippen LogP contribution is 2.35. The second kappa shape index (κ2) is 21.3. The number of nitrogens with two attached hydrogens (primary N) is 3. The minimum absolute atomic E-state index is 0.0174. The van der Waals surface area contributed by atoms with Crippen LogP contribution in [0.1, 0.15) is 75.1 Å². The van der Waals surface area contributed by atoms with Crippen LogP contribution in [0.15, 0.2) is 40.9 Å². The number of primary amides is 1. The fourth-order valence-electron chi connectivity index (χ4n) is 6.33. The average molecular weight is 795 g/mol. The van der Waals surface area contributed by atoms with Crippen LogP contribution in [0, 0.1) is 5.92 Å². The van der Waals surface area contributed by atoms with Crippen molar-refractivity contribution < 1.29 is 28.7 Å². The summed E-state index contributed by atoms with van der Waals surface area (Å²) < 4.78 is 5.61. The maximum atomic E-state index is 13.4. The Hall–Kier alpha value is -5.00. The number of ether oxygens (including phenoxy) is 1. The number of amides is 6. The molecule has 2 aliphatic rings. The lowest BCUT2D eigenvalue weighted by atomic mass is 10.0. The van der Waals surface area contributed by atoms with Gasteiger partial charge in [-0.3, -0.25) is 19.3 Å². The van der Waals surface area contributed by atoms with Crippen LogP contribution in [0.2, 0.25) is 0 Å². The Morgan fingerprint density at radius 2 is 1.68 bits per heavy atom. The topological polar surface area (TPSA) is 231 Å². The third kappa shape index (κ3) is 13.1. The molecule has 6 amide bonds. The molecular formula is C39H58N10O6S. The Bertz CT molecular complexity index is 1730. The Balaban J connectivity index is 1.25. The van der Waals surface area contributed by atoms with Gasteiger partial charge in [0.05, 0.1) is 16.6 Å². The minimum atomic E-state index is -0.883.